The van der Waals surface area contributed by atoms with Crippen molar-refractivity contribution in [1.82, 2.24) is 9.96 Å². The third-order valence-corrected chi connectivity index (χ3v) is 5.37. The molecule has 0 aromatic rings. The lowest BCUT2D eigenvalue weighted by molar-refractivity contribution is -0.206. The predicted molar refractivity (Wildman–Crippen MR) is 77.4 cm³/mol. The minimum Gasteiger partial charge on any atom is -0.363 e. The van der Waals surface area contributed by atoms with Crippen molar-refractivity contribution in [3.05, 3.63) is 0 Å². The van der Waals surface area contributed by atoms with Gasteiger partial charge in [-0.3, -0.25) is 9.63 Å². The molecule has 3 aliphatic heterocycles. The van der Waals surface area contributed by atoms with Gasteiger partial charge < -0.3 is 9.64 Å². The molecule has 21 heavy (non-hydrogen) atoms. The van der Waals surface area contributed by atoms with Crippen molar-refractivity contribution in [3.8, 4) is 0 Å². The highest BCUT2D eigenvalue weighted by atomic mass is 16.7. The Kier molecular flexibility index (Phi) is 3.90. The van der Waals surface area contributed by atoms with Crippen molar-refractivity contribution < 1.29 is 14.4 Å². The zero-order valence-corrected chi connectivity index (χ0v) is 12.7. The fourth-order valence-electron chi connectivity index (χ4n) is 3.92. The lowest BCUT2D eigenvalue weighted by Gasteiger charge is -2.34. The summed E-state index contributed by atoms with van der Waals surface area (Å²) in [6.07, 6.45) is 6.97. The minimum absolute atomic E-state index is 0.0536. The standard InChI is InChI=1S/C16H26N2O3/c19-16(18-6-1-2-8-20-18)14-9-13-5-7-17(10-12-3-4-12)11-15(13)21-14/h12-15H,1-11H2/t13-,14-,15+/m0/s1. The molecule has 0 unspecified atom stereocenters. The molecule has 1 aliphatic carbocycles. The van der Waals surface area contributed by atoms with Crippen molar-refractivity contribution in [2.45, 2.75) is 50.7 Å². The molecule has 3 saturated heterocycles. The normalized spacial score (nSPS) is 37.5. The first kappa shape index (κ1) is 14.0. The van der Waals surface area contributed by atoms with E-state index in [1.807, 2.05) is 0 Å². The molecule has 0 N–H and O–H groups in total. The number of carbonyl (C=O) groups is 1. The number of ether oxygens (including phenoxy) is 1. The Hall–Kier alpha value is -0.650. The molecular formula is C16H26N2O3. The summed E-state index contributed by atoms with van der Waals surface area (Å²) in [5, 5.41) is 1.55. The average Bonchev–Trinajstić information content (AvgIpc) is 3.23. The first-order valence-corrected chi connectivity index (χ1v) is 8.62. The molecule has 0 aromatic carbocycles. The van der Waals surface area contributed by atoms with Gasteiger partial charge in [0.2, 0.25) is 0 Å². The molecule has 1 saturated carbocycles. The van der Waals surface area contributed by atoms with E-state index in [1.165, 1.54) is 32.4 Å². The number of piperidine rings is 1. The topological polar surface area (TPSA) is 42.0 Å². The molecule has 3 heterocycles. The zero-order chi connectivity index (χ0) is 14.2. The van der Waals surface area contributed by atoms with Crippen LogP contribution in [0.3, 0.4) is 0 Å². The van der Waals surface area contributed by atoms with Gasteiger partial charge in [0.15, 0.2) is 0 Å². The van der Waals surface area contributed by atoms with E-state index >= 15 is 0 Å². The molecular weight excluding hydrogens is 268 g/mol. The molecule has 4 aliphatic rings. The third-order valence-electron chi connectivity index (χ3n) is 5.37. The quantitative estimate of drug-likeness (QED) is 0.790. The maximum Gasteiger partial charge on any atom is 0.275 e. The van der Waals surface area contributed by atoms with E-state index < -0.39 is 0 Å². The lowest BCUT2D eigenvalue weighted by Crippen LogP contribution is -2.44. The van der Waals surface area contributed by atoms with Crippen molar-refractivity contribution in [2.75, 3.05) is 32.8 Å². The van der Waals surface area contributed by atoms with E-state index in [4.69, 9.17) is 9.57 Å². The number of rotatable bonds is 3. The largest absolute Gasteiger partial charge is 0.363 e. The summed E-state index contributed by atoms with van der Waals surface area (Å²) < 4.78 is 6.10. The molecule has 4 rings (SSSR count). The number of likely N-dealkylation sites (tertiary alicyclic amines) is 1. The van der Waals surface area contributed by atoms with Gasteiger partial charge in [0.05, 0.1) is 12.7 Å². The van der Waals surface area contributed by atoms with Gasteiger partial charge in [-0.15, -0.1) is 0 Å². The molecule has 5 nitrogen and oxygen atoms in total. The van der Waals surface area contributed by atoms with Crippen LogP contribution >= 0.6 is 0 Å². The second kappa shape index (κ2) is 5.86. The minimum atomic E-state index is -0.265. The van der Waals surface area contributed by atoms with Crippen LogP contribution < -0.4 is 0 Å². The van der Waals surface area contributed by atoms with Crippen molar-refractivity contribution >= 4 is 5.91 Å². The number of nitrogens with zero attached hydrogens (tertiary/aromatic N) is 2. The third kappa shape index (κ3) is 3.10. The highest BCUT2D eigenvalue weighted by molar-refractivity contribution is 5.80. The first-order valence-electron chi connectivity index (χ1n) is 8.62. The van der Waals surface area contributed by atoms with Crippen molar-refractivity contribution in [3.63, 3.8) is 0 Å². The molecule has 0 spiro atoms. The van der Waals surface area contributed by atoms with Gasteiger partial charge >= 0.3 is 0 Å². The summed E-state index contributed by atoms with van der Waals surface area (Å²) in [5.41, 5.74) is 0. The number of carbonyl (C=O) groups excluding carboxylic acids is 1. The SMILES string of the molecule is O=C([C@@H]1C[C@@H]2CCN(CC3CC3)C[C@H]2O1)N1CCCCO1. The number of hydrogen-bond donors (Lipinski definition) is 0. The van der Waals surface area contributed by atoms with Crippen LogP contribution in [0.1, 0.15) is 38.5 Å². The van der Waals surface area contributed by atoms with E-state index in [-0.39, 0.29) is 18.1 Å². The van der Waals surface area contributed by atoms with Crippen LogP contribution in [0.15, 0.2) is 0 Å². The molecule has 4 fully saturated rings. The Morgan fingerprint density at radius 2 is 2.05 bits per heavy atom. The summed E-state index contributed by atoms with van der Waals surface area (Å²) in [5.74, 6) is 1.55. The Balaban J connectivity index is 1.32. The van der Waals surface area contributed by atoms with E-state index in [2.05, 4.69) is 4.90 Å². The first-order chi connectivity index (χ1) is 10.3. The Morgan fingerprint density at radius 3 is 2.81 bits per heavy atom. The van der Waals surface area contributed by atoms with Gasteiger partial charge in [-0.2, -0.15) is 0 Å². The number of amides is 1. The Bertz CT molecular complexity index is 393. The highest BCUT2D eigenvalue weighted by Gasteiger charge is 2.44. The van der Waals surface area contributed by atoms with E-state index in [0.29, 0.717) is 12.5 Å². The highest BCUT2D eigenvalue weighted by Crippen LogP contribution is 2.36. The summed E-state index contributed by atoms with van der Waals surface area (Å²) in [7, 11) is 0. The molecule has 0 bridgehead atoms. The van der Waals surface area contributed by atoms with Crippen LogP contribution in [-0.4, -0.2) is 60.9 Å². The number of fused-ring (bicyclic) bond motifs is 1. The second-order valence-corrected chi connectivity index (χ2v) is 7.13. The van der Waals surface area contributed by atoms with Crippen LogP contribution in [0.2, 0.25) is 0 Å². The van der Waals surface area contributed by atoms with Gasteiger partial charge in [-0.1, -0.05) is 0 Å². The van der Waals surface area contributed by atoms with Gasteiger partial charge in [0.1, 0.15) is 6.10 Å². The molecule has 3 atom stereocenters. The summed E-state index contributed by atoms with van der Waals surface area (Å²) in [6.45, 7) is 4.83. The number of hydroxylamine groups is 2. The molecule has 0 aromatic heterocycles. The van der Waals surface area contributed by atoms with Crippen molar-refractivity contribution in [2.24, 2.45) is 11.8 Å². The number of hydrogen-bond acceptors (Lipinski definition) is 4. The van der Waals surface area contributed by atoms with Crippen LogP contribution in [0.25, 0.3) is 0 Å². The van der Waals surface area contributed by atoms with Gasteiger partial charge in [-0.25, -0.2) is 5.06 Å². The Labute approximate surface area is 126 Å². The lowest BCUT2D eigenvalue weighted by atomic mass is 9.91. The maximum atomic E-state index is 12.5. The fraction of sp³-hybridized carbons (Fsp3) is 0.938. The summed E-state index contributed by atoms with van der Waals surface area (Å²) in [6, 6.07) is 0. The van der Waals surface area contributed by atoms with Crippen LogP contribution in [-0.2, 0) is 14.4 Å². The smallest absolute Gasteiger partial charge is 0.275 e. The van der Waals surface area contributed by atoms with E-state index in [1.54, 1.807) is 5.06 Å². The van der Waals surface area contributed by atoms with Crippen LogP contribution in [0.5, 0.6) is 0 Å². The summed E-state index contributed by atoms with van der Waals surface area (Å²) >= 11 is 0. The van der Waals surface area contributed by atoms with Crippen LogP contribution in [0, 0.1) is 11.8 Å². The second-order valence-electron chi connectivity index (χ2n) is 7.13. The molecule has 5 heteroatoms. The molecule has 0 radical (unpaired) electrons. The maximum absolute atomic E-state index is 12.5. The Morgan fingerprint density at radius 1 is 1.14 bits per heavy atom. The fourth-order valence-corrected chi connectivity index (χ4v) is 3.92. The van der Waals surface area contributed by atoms with E-state index in [0.717, 1.165) is 38.3 Å². The van der Waals surface area contributed by atoms with Gasteiger partial charge in [0.25, 0.3) is 5.91 Å². The van der Waals surface area contributed by atoms with Gasteiger partial charge in [-0.05, 0) is 56.9 Å². The van der Waals surface area contributed by atoms with Crippen molar-refractivity contribution in [1.29, 1.82) is 0 Å². The average molecular weight is 294 g/mol. The predicted octanol–water partition coefficient (Wildman–Crippen LogP) is 1.43. The monoisotopic (exact) mass is 294 g/mol. The molecule has 118 valence electrons. The van der Waals surface area contributed by atoms with Crippen LogP contribution in [0.4, 0.5) is 0 Å². The zero-order valence-electron chi connectivity index (χ0n) is 12.7. The molecule has 1 amide bonds. The summed E-state index contributed by atoms with van der Waals surface area (Å²) in [4.78, 5) is 20.5. The van der Waals surface area contributed by atoms with E-state index in [9.17, 15) is 4.79 Å². The van der Waals surface area contributed by atoms with Gasteiger partial charge in [0, 0.05) is 19.6 Å².